The lowest BCUT2D eigenvalue weighted by molar-refractivity contribution is -0.145. The average molecular weight is 370 g/mol. The maximum Gasteiger partial charge on any atom is 0.239 e. The van der Waals surface area contributed by atoms with Gasteiger partial charge >= 0.3 is 0 Å². The molecular weight excluding hydrogens is 342 g/mol. The van der Waals surface area contributed by atoms with Gasteiger partial charge in [0, 0.05) is 10.9 Å². The summed E-state index contributed by atoms with van der Waals surface area (Å²) in [6.07, 6.45) is 5.73. The van der Waals surface area contributed by atoms with Gasteiger partial charge in [-0.25, -0.2) is 0 Å². The lowest BCUT2D eigenvalue weighted by atomic mass is 9.49. The van der Waals surface area contributed by atoms with Crippen LogP contribution in [0, 0.1) is 17.3 Å². The molecule has 7 heteroatoms. The Bertz CT molecular complexity index is 564. The monoisotopic (exact) mass is 369 g/mol. The van der Waals surface area contributed by atoms with E-state index in [4.69, 9.17) is 11.6 Å². The number of hydrogen-bond donors (Lipinski definition) is 3. The van der Waals surface area contributed by atoms with Crippen molar-refractivity contribution in [3.05, 3.63) is 0 Å². The Labute approximate surface area is 153 Å². The van der Waals surface area contributed by atoms with E-state index in [0.29, 0.717) is 11.8 Å². The Kier molecular flexibility index (Phi) is 5.02. The van der Waals surface area contributed by atoms with Crippen molar-refractivity contribution < 1.29 is 14.4 Å². The molecule has 0 aliphatic heterocycles. The minimum atomic E-state index is -0.402. The maximum atomic E-state index is 12.8. The lowest BCUT2D eigenvalue weighted by Gasteiger charge is -2.59. The summed E-state index contributed by atoms with van der Waals surface area (Å²) in [6, 6.07) is 0.0306. The van der Waals surface area contributed by atoms with E-state index in [1.807, 2.05) is 13.8 Å². The molecule has 4 fully saturated rings. The molecule has 0 heterocycles. The molecule has 4 saturated carbocycles. The summed E-state index contributed by atoms with van der Waals surface area (Å²) in [4.78, 5) is 36.0. The van der Waals surface area contributed by atoms with Crippen LogP contribution in [0.4, 0.5) is 0 Å². The molecule has 4 aliphatic rings. The third-order valence-electron chi connectivity index (χ3n) is 5.78. The van der Waals surface area contributed by atoms with Crippen LogP contribution in [0.1, 0.15) is 52.4 Å². The number of carbonyl (C=O) groups excluding carboxylic acids is 3. The molecule has 4 rings (SSSR count). The van der Waals surface area contributed by atoms with Crippen LogP contribution in [0.3, 0.4) is 0 Å². The number of amides is 3. The van der Waals surface area contributed by atoms with Crippen molar-refractivity contribution in [1.82, 2.24) is 16.0 Å². The van der Waals surface area contributed by atoms with E-state index < -0.39 is 5.41 Å². The topological polar surface area (TPSA) is 87.3 Å². The lowest BCUT2D eigenvalue weighted by Crippen LogP contribution is -2.59. The summed E-state index contributed by atoms with van der Waals surface area (Å²) in [6.45, 7) is 3.54. The molecule has 25 heavy (non-hydrogen) atoms. The van der Waals surface area contributed by atoms with Crippen molar-refractivity contribution in [2.45, 2.75) is 63.3 Å². The highest BCUT2D eigenvalue weighted by atomic mass is 35.5. The zero-order valence-corrected chi connectivity index (χ0v) is 15.7. The summed E-state index contributed by atoms with van der Waals surface area (Å²) in [7, 11) is 0. The molecule has 6 nitrogen and oxygen atoms in total. The van der Waals surface area contributed by atoms with Gasteiger partial charge in [0.25, 0.3) is 0 Å². The van der Waals surface area contributed by atoms with Crippen molar-refractivity contribution in [3.8, 4) is 0 Å². The number of hydrogen-bond acceptors (Lipinski definition) is 3. The van der Waals surface area contributed by atoms with Gasteiger partial charge in [-0.05, 0) is 64.2 Å². The Balaban J connectivity index is 1.48. The molecule has 0 unspecified atom stereocenters. The minimum absolute atomic E-state index is 0.0306. The standard InChI is InChI=1S/C18H28ClN3O3/c1-11(2)22-15(24)9-20-14(23)8-21-16(25)17-4-12-3-13(5-17)7-18(19,6-12)10-17/h11-13H,3-10H2,1-2H3,(H,20,23)(H,21,25)(H,22,24)/t12-,13-,17?,18?/m0/s1. The van der Waals surface area contributed by atoms with Gasteiger partial charge in [-0.15, -0.1) is 11.6 Å². The summed E-state index contributed by atoms with van der Waals surface area (Å²) in [5, 5.41) is 8.01. The molecular formula is C18H28ClN3O3. The molecule has 0 saturated heterocycles. The van der Waals surface area contributed by atoms with Crippen LogP contribution >= 0.6 is 11.6 Å². The fraction of sp³-hybridized carbons (Fsp3) is 0.833. The van der Waals surface area contributed by atoms with E-state index in [1.54, 1.807) is 0 Å². The van der Waals surface area contributed by atoms with Crippen LogP contribution in [0.15, 0.2) is 0 Å². The summed E-state index contributed by atoms with van der Waals surface area (Å²) < 4.78 is 0. The van der Waals surface area contributed by atoms with Crippen molar-refractivity contribution in [1.29, 1.82) is 0 Å². The Hall–Kier alpha value is -1.30. The zero-order chi connectivity index (χ0) is 18.2. The van der Waals surface area contributed by atoms with Crippen molar-refractivity contribution in [2.24, 2.45) is 17.3 Å². The van der Waals surface area contributed by atoms with Gasteiger partial charge in [0.05, 0.1) is 18.5 Å². The van der Waals surface area contributed by atoms with Crippen LogP contribution in [-0.4, -0.2) is 41.7 Å². The van der Waals surface area contributed by atoms with E-state index in [2.05, 4.69) is 16.0 Å². The SMILES string of the molecule is CC(C)NC(=O)CNC(=O)CNC(=O)C12C[C@@H]3C[C@H](CC(Cl)(C3)C1)C2. The summed E-state index contributed by atoms with van der Waals surface area (Å²) >= 11 is 6.75. The maximum absolute atomic E-state index is 12.8. The van der Waals surface area contributed by atoms with Crippen molar-refractivity contribution in [3.63, 3.8) is 0 Å². The highest BCUT2D eigenvalue weighted by molar-refractivity contribution is 6.24. The fourth-order valence-electron chi connectivity index (χ4n) is 5.38. The van der Waals surface area contributed by atoms with Gasteiger partial charge in [-0.2, -0.15) is 0 Å². The minimum Gasteiger partial charge on any atom is -0.352 e. The molecule has 0 radical (unpaired) electrons. The highest BCUT2D eigenvalue weighted by Gasteiger charge is 2.60. The van der Waals surface area contributed by atoms with E-state index in [9.17, 15) is 14.4 Å². The molecule has 3 N–H and O–H groups in total. The normalized spacial score (nSPS) is 35.5. The number of carbonyl (C=O) groups is 3. The molecule has 0 aromatic carbocycles. The Morgan fingerprint density at radius 1 is 1.00 bits per heavy atom. The molecule has 0 aromatic heterocycles. The predicted molar refractivity (Wildman–Crippen MR) is 95.0 cm³/mol. The van der Waals surface area contributed by atoms with Gasteiger partial charge in [-0.1, -0.05) is 0 Å². The van der Waals surface area contributed by atoms with Gasteiger partial charge in [-0.3, -0.25) is 14.4 Å². The van der Waals surface area contributed by atoms with Crippen LogP contribution in [0.2, 0.25) is 0 Å². The first-order chi connectivity index (χ1) is 11.7. The van der Waals surface area contributed by atoms with Gasteiger partial charge < -0.3 is 16.0 Å². The fourth-order valence-corrected chi connectivity index (χ4v) is 6.07. The second-order valence-electron chi connectivity index (χ2n) is 8.57. The van der Waals surface area contributed by atoms with Crippen LogP contribution in [0.25, 0.3) is 0 Å². The average Bonchev–Trinajstić information content (AvgIpc) is 2.47. The molecule has 2 atom stereocenters. The van der Waals surface area contributed by atoms with Gasteiger partial charge in [0.1, 0.15) is 0 Å². The number of rotatable bonds is 6. The summed E-state index contributed by atoms with van der Waals surface area (Å²) in [5.74, 6) is 0.446. The quantitative estimate of drug-likeness (QED) is 0.617. The first-order valence-electron chi connectivity index (χ1n) is 9.23. The van der Waals surface area contributed by atoms with E-state index >= 15 is 0 Å². The third kappa shape index (κ3) is 4.10. The van der Waals surface area contributed by atoms with Crippen LogP contribution < -0.4 is 16.0 Å². The Morgan fingerprint density at radius 2 is 1.60 bits per heavy atom. The Morgan fingerprint density at radius 3 is 2.16 bits per heavy atom. The molecule has 140 valence electrons. The number of alkyl halides is 1. The highest BCUT2D eigenvalue weighted by Crippen LogP contribution is 2.63. The summed E-state index contributed by atoms with van der Waals surface area (Å²) in [5.41, 5.74) is -0.402. The second kappa shape index (κ2) is 6.78. The predicted octanol–water partition coefficient (Wildman–Crippen LogP) is 1.32. The van der Waals surface area contributed by atoms with Gasteiger partial charge in [0.15, 0.2) is 0 Å². The number of halogens is 1. The third-order valence-corrected chi connectivity index (χ3v) is 6.22. The molecule has 0 aromatic rings. The molecule has 4 aliphatic carbocycles. The zero-order valence-electron chi connectivity index (χ0n) is 15.0. The largest absolute Gasteiger partial charge is 0.352 e. The van der Waals surface area contributed by atoms with Gasteiger partial charge in [0.2, 0.25) is 17.7 Å². The first-order valence-corrected chi connectivity index (χ1v) is 9.61. The van der Waals surface area contributed by atoms with Crippen molar-refractivity contribution >= 4 is 29.3 Å². The van der Waals surface area contributed by atoms with Crippen LogP contribution in [0.5, 0.6) is 0 Å². The van der Waals surface area contributed by atoms with Crippen molar-refractivity contribution in [2.75, 3.05) is 13.1 Å². The molecule has 4 bridgehead atoms. The van der Waals surface area contributed by atoms with E-state index in [1.165, 1.54) is 6.42 Å². The second-order valence-corrected chi connectivity index (χ2v) is 9.38. The van der Waals surface area contributed by atoms with E-state index in [-0.39, 0.29) is 41.7 Å². The van der Waals surface area contributed by atoms with E-state index in [0.717, 1.165) is 32.1 Å². The molecule has 0 spiro atoms. The molecule has 3 amide bonds. The first kappa shape index (κ1) is 18.5. The smallest absolute Gasteiger partial charge is 0.239 e. The number of nitrogens with one attached hydrogen (secondary N) is 3. The van der Waals surface area contributed by atoms with Crippen LogP contribution in [-0.2, 0) is 14.4 Å².